The monoisotopic (exact) mass is 249 g/mol. The van der Waals surface area contributed by atoms with Crippen molar-refractivity contribution >= 4 is 11.8 Å². The van der Waals surface area contributed by atoms with Crippen molar-refractivity contribution in [2.45, 2.75) is 31.7 Å². The first-order valence-corrected chi connectivity index (χ1v) is 6.03. The van der Waals surface area contributed by atoms with Gasteiger partial charge in [0.1, 0.15) is 0 Å². The number of unbranched alkanes of at least 4 members (excludes halogenated alkanes) is 1. The molecule has 4 nitrogen and oxygen atoms in total. The van der Waals surface area contributed by atoms with Crippen molar-refractivity contribution in [3.05, 3.63) is 35.9 Å². The third-order valence-corrected chi connectivity index (χ3v) is 2.93. The minimum atomic E-state index is -1.69. The van der Waals surface area contributed by atoms with Crippen molar-refractivity contribution < 1.29 is 14.3 Å². The normalized spacial score (nSPS) is 13.7. The summed E-state index contributed by atoms with van der Waals surface area (Å²) in [7, 11) is 1.24. The van der Waals surface area contributed by atoms with Crippen LogP contribution >= 0.6 is 0 Å². The van der Waals surface area contributed by atoms with Crippen molar-refractivity contribution in [2.75, 3.05) is 7.11 Å². The van der Waals surface area contributed by atoms with Crippen molar-refractivity contribution in [3.63, 3.8) is 0 Å². The Morgan fingerprint density at radius 3 is 2.39 bits per heavy atom. The molecule has 2 N–H and O–H groups in total. The summed E-state index contributed by atoms with van der Waals surface area (Å²) in [6, 6.07) is 8.62. The van der Waals surface area contributed by atoms with E-state index < -0.39 is 11.5 Å². The average Bonchev–Trinajstić information content (AvgIpc) is 2.43. The molecule has 1 atom stereocenters. The van der Waals surface area contributed by atoms with Crippen molar-refractivity contribution in [3.8, 4) is 0 Å². The predicted molar refractivity (Wildman–Crippen MR) is 68.9 cm³/mol. The molecule has 1 aromatic carbocycles. The Kier molecular flexibility index (Phi) is 5.04. The van der Waals surface area contributed by atoms with Gasteiger partial charge in [0.25, 0.3) is 0 Å². The van der Waals surface area contributed by atoms with E-state index in [0.29, 0.717) is 12.0 Å². The molecule has 0 fully saturated rings. The molecule has 1 aromatic rings. The first-order valence-electron chi connectivity index (χ1n) is 6.03. The maximum atomic E-state index is 12.2. The lowest BCUT2D eigenvalue weighted by Crippen LogP contribution is -2.52. The zero-order valence-corrected chi connectivity index (χ0v) is 10.8. The number of ether oxygens (including phenoxy) is 1. The summed E-state index contributed by atoms with van der Waals surface area (Å²) in [4.78, 5) is 24.1. The molecule has 1 unspecified atom stereocenters. The van der Waals surface area contributed by atoms with Crippen molar-refractivity contribution in [1.82, 2.24) is 0 Å². The Labute approximate surface area is 107 Å². The second-order valence-electron chi connectivity index (χ2n) is 4.19. The van der Waals surface area contributed by atoms with Crippen LogP contribution in [-0.2, 0) is 19.9 Å². The molecule has 0 saturated heterocycles. The van der Waals surface area contributed by atoms with Gasteiger partial charge in [-0.2, -0.15) is 0 Å². The number of benzene rings is 1. The molecule has 0 saturated carbocycles. The third kappa shape index (κ3) is 2.76. The SMILES string of the molecule is CCCCC(=O)C(N)(C(=O)OC)c1ccccc1. The van der Waals surface area contributed by atoms with Gasteiger partial charge in [-0.25, -0.2) is 4.79 Å². The van der Waals surface area contributed by atoms with Crippen LogP contribution in [0.25, 0.3) is 0 Å². The molecule has 0 aromatic heterocycles. The van der Waals surface area contributed by atoms with E-state index in [4.69, 9.17) is 5.73 Å². The molecule has 4 heteroatoms. The van der Waals surface area contributed by atoms with Gasteiger partial charge in [-0.05, 0) is 12.0 Å². The summed E-state index contributed by atoms with van der Waals surface area (Å²) in [6.45, 7) is 1.98. The highest BCUT2D eigenvalue weighted by Gasteiger charge is 2.43. The van der Waals surface area contributed by atoms with Gasteiger partial charge in [0.2, 0.25) is 0 Å². The van der Waals surface area contributed by atoms with Crippen LogP contribution in [0.5, 0.6) is 0 Å². The molecule has 0 amide bonds. The number of carbonyl (C=O) groups excluding carboxylic acids is 2. The third-order valence-electron chi connectivity index (χ3n) is 2.93. The highest BCUT2D eigenvalue weighted by atomic mass is 16.5. The molecule has 18 heavy (non-hydrogen) atoms. The minimum absolute atomic E-state index is 0.275. The first kappa shape index (κ1) is 14.4. The fourth-order valence-electron chi connectivity index (χ4n) is 1.79. The lowest BCUT2D eigenvalue weighted by molar-refractivity contribution is -0.152. The number of carbonyl (C=O) groups is 2. The van der Waals surface area contributed by atoms with E-state index in [0.717, 1.165) is 6.42 Å². The lowest BCUT2D eigenvalue weighted by Gasteiger charge is -2.25. The van der Waals surface area contributed by atoms with Crippen LogP contribution in [-0.4, -0.2) is 18.9 Å². The number of hydrogen-bond donors (Lipinski definition) is 1. The summed E-state index contributed by atoms with van der Waals surface area (Å²) in [5.74, 6) is -1.02. The van der Waals surface area contributed by atoms with Crippen LogP contribution in [0.1, 0.15) is 31.7 Å². The second-order valence-corrected chi connectivity index (χ2v) is 4.19. The smallest absolute Gasteiger partial charge is 0.338 e. The Morgan fingerprint density at radius 2 is 1.89 bits per heavy atom. The molecule has 0 aliphatic rings. The molecule has 1 rings (SSSR count). The maximum absolute atomic E-state index is 12.2. The molecule has 0 heterocycles. The number of methoxy groups -OCH3 is 1. The minimum Gasteiger partial charge on any atom is -0.467 e. The average molecular weight is 249 g/mol. The van der Waals surface area contributed by atoms with Gasteiger partial charge in [0.05, 0.1) is 7.11 Å². The Bertz CT molecular complexity index is 416. The zero-order valence-electron chi connectivity index (χ0n) is 10.8. The summed E-state index contributed by atoms with van der Waals surface area (Å²) in [5.41, 5.74) is 4.81. The van der Waals surface area contributed by atoms with E-state index in [9.17, 15) is 9.59 Å². The van der Waals surface area contributed by atoms with Crippen LogP contribution in [0.3, 0.4) is 0 Å². The predicted octanol–water partition coefficient (Wildman–Crippen LogP) is 1.77. The topological polar surface area (TPSA) is 69.4 Å². The molecule has 0 bridgehead atoms. The standard InChI is InChI=1S/C14H19NO3/c1-3-4-10-12(16)14(15,13(17)18-2)11-8-6-5-7-9-11/h5-9H,3-4,10,15H2,1-2H3. The molecule has 0 aliphatic heterocycles. The van der Waals surface area contributed by atoms with Crippen LogP contribution in [0, 0.1) is 0 Å². The van der Waals surface area contributed by atoms with Gasteiger partial charge in [0, 0.05) is 6.42 Å². The van der Waals surface area contributed by atoms with Gasteiger partial charge in [-0.1, -0.05) is 43.7 Å². The first-order chi connectivity index (χ1) is 8.57. The fraction of sp³-hybridized carbons (Fsp3) is 0.429. The summed E-state index contributed by atoms with van der Waals surface area (Å²) in [6.07, 6.45) is 1.86. The number of hydrogen-bond acceptors (Lipinski definition) is 4. The van der Waals surface area contributed by atoms with E-state index in [2.05, 4.69) is 4.74 Å². The highest BCUT2D eigenvalue weighted by Crippen LogP contribution is 2.23. The molecule has 0 radical (unpaired) electrons. The summed E-state index contributed by atoms with van der Waals surface area (Å²) >= 11 is 0. The van der Waals surface area contributed by atoms with Gasteiger partial charge in [-0.15, -0.1) is 0 Å². The van der Waals surface area contributed by atoms with E-state index >= 15 is 0 Å². The zero-order chi connectivity index (χ0) is 13.6. The summed E-state index contributed by atoms with van der Waals surface area (Å²) < 4.78 is 4.69. The highest BCUT2D eigenvalue weighted by molar-refractivity contribution is 6.08. The Hall–Kier alpha value is -1.68. The van der Waals surface area contributed by atoms with E-state index in [-0.39, 0.29) is 12.2 Å². The number of esters is 1. The van der Waals surface area contributed by atoms with Crippen LogP contribution in [0.4, 0.5) is 0 Å². The van der Waals surface area contributed by atoms with Crippen molar-refractivity contribution in [1.29, 1.82) is 0 Å². The molecular weight excluding hydrogens is 230 g/mol. The second kappa shape index (κ2) is 6.31. The Balaban J connectivity index is 3.11. The van der Waals surface area contributed by atoms with Gasteiger partial charge in [-0.3, -0.25) is 4.79 Å². The maximum Gasteiger partial charge on any atom is 0.338 e. The number of ketones is 1. The summed E-state index contributed by atoms with van der Waals surface area (Å²) in [5, 5.41) is 0. The van der Waals surface area contributed by atoms with Crippen molar-refractivity contribution in [2.24, 2.45) is 5.73 Å². The van der Waals surface area contributed by atoms with E-state index in [1.165, 1.54) is 7.11 Å². The lowest BCUT2D eigenvalue weighted by atomic mass is 9.84. The van der Waals surface area contributed by atoms with Gasteiger partial charge >= 0.3 is 5.97 Å². The molecule has 98 valence electrons. The number of Topliss-reactive ketones (excluding diaryl/α,β-unsaturated/α-hetero) is 1. The molecule has 0 aliphatic carbocycles. The van der Waals surface area contributed by atoms with Gasteiger partial charge in [0.15, 0.2) is 11.3 Å². The van der Waals surface area contributed by atoms with E-state index in [1.807, 2.05) is 6.92 Å². The van der Waals surface area contributed by atoms with Gasteiger partial charge < -0.3 is 10.5 Å². The largest absolute Gasteiger partial charge is 0.467 e. The van der Waals surface area contributed by atoms with Crippen LogP contribution in [0.2, 0.25) is 0 Å². The van der Waals surface area contributed by atoms with Crippen LogP contribution in [0.15, 0.2) is 30.3 Å². The van der Waals surface area contributed by atoms with E-state index in [1.54, 1.807) is 30.3 Å². The quantitative estimate of drug-likeness (QED) is 0.616. The molecule has 0 spiro atoms. The van der Waals surface area contributed by atoms with Crippen LogP contribution < -0.4 is 5.73 Å². The molecular formula is C14H19NO3. The number of rotatable bonds is 6. The number of nitrogens with two attached hydrogens (primary N) is 1. The Morgan fingerprint density at radius 1 is 1.28 bits per heavy atom. The fourth-order valence-corrected chi connectivity index (χ4v) is 1.79.